The fourth-order valence-corrected chi connectivity index (χ4v) is 6.62. The van der Waals surface area contributed by atoms with Crippen molar-refractivity contribution < 1.29 is 4.74 Å². The van der Waals surface area contributed by atoms with Crippen molar-refractivity contribution in [2.45, 2.75) is 45.7 Å². The van der Waals surface area contributed by atoms with Gasteiger partial charge in [-0.25, -0.2) is 0 Å². The molecule has 2 heterocycles. The Kier molecular flexibility index (Phi) is 7.26. The van der Waals surface area contributed by atoms with E-state index in [2.05, 4.69) is 120 Å². The topological polar surface area (TPSA) is 17.4 Å². The number of benzene rings is 4. The summed E-state index contributed by atoms with van der Waals surface area (Å²) in [6.45, 7) is 8.55. The summed E-state index contributed by atoms with van der Waals surface area (Å²) in [5.41, 5.74) is 11.0. The van der Waals surface area contributed by atoms with Crippen molar-refractivity contribution in [3.63, 3.8) is 0 Å². The van der Waals surface area contributed by atoms with Crippen LogP contribution in [0.1, 0.15) is 46.6 Å². The molecule has 39 heavy (non-hydrogen) atoms. The first-order valence-corrected chi connectivity index (χ1v) is 14.2. The minimum atomic E-state index is 0.649. The van der Waals surface area contributed by atoms with E-state index in [1.807, 2.05) is 0 Å². The van der Waals surface area contributed by atoms with Crippen LogP contribution in [-0.4, -0.2) is 29.7 Å². The first kappa shape index (κ1) is 25.5. The Morgan fingerprint density at radius 2 is 1.41 bits per heavy atom. The Hall–Kier alpha value is -3.82. The van der Waals surface area contributed by atoms with Gasteiger partial charge in [-0.3, -0.25) is 4.90 Å². The van der Waals surface area contributed by atoms with E-state index in [1.165, 1.54) is 57.3 Å². The minimum Gasteiger partial charge on any atom is -0.497 e. The molecule has 198 valence electrons. The Morgan fingerprint density at radius 3 is 2.08 bits per heavy atom. The van der Waals surface area contributed by atoms with E-state index in [-0.39, 0.29) is 0 Å². The number of piperidine rings is 1. The fourth-order valence-electron chi connectivity index (χ4n) is 6.62. The molecule has 0 radical (unpaired) electrons. The lowest BCUT2D eigenvalue weighted by atomic mass is 9.84. The Balaban J connectivity index is 1.39. The molecule has 1 fully saturated rings. The summed E-state index contributed by atoms with van der Waals surface area (Å²) in [6.07, 6.45) is 2.41. The van der Waals surface area contributed by atoms with Crippen LogP contribution in [0.25, 0.3) is 22.2 Å². The lowest BCUT2D eigenvalue weighted by Crippen LogP contribution is -2.33. The highest BCUT2D eigenvalue weighted by Crippen LogP contribution is 2.39. The third-order valence-electron chi connectivity index (χ3n) is 8.53. The summed E-state index contributed by atoms with van der Waals surface area (Å²) < 4.78 is 8.22. The van der Waals surface area contributed by atoms with Crippen molar-refractivity contribution in [3.05, 3.63) is 125 Å². The third-order valence-corrected chi connectivity index (χ3v) is 8.53. The molecule has 0 amide bonds. The maximum Gasteiger partial charge on any atom is 0.119 e. The highest BCUT2D eigenvalue weighted by Gasteiger charge is 2.26. The number of hydrogen-bond acceptors (Lipinski definition) is 2. The van der Waals surface area contributed by atoms with Gasteiger partial charge in [0.25, 0.3) is 0 Å². The van der Waals surface area contributed by atoms with Crippen LogP contribution in [0.15, 0.2) is 97.1 Å². The quantitative estimate of drug-likeness (QED) is 0.217. The Morgan fingerprint density at radius 1 is 0.744 bits per heavy atom. The molecule has 1 aliphatic heterocycles. The molecule has 5 aromatic rings. The van der Waals surface area contributed by atoms with Gasteiger partial charge in [0.05, 0.1) is 12.8 Å². The SMILES string of the molecule is COc1ccc2c(c1)c(CN1CCC(c3c(C)cccc3C)CC1)c(-c1ccccc1)n2Cc1ccccc1. The number of fused-ring (bicyclic) bond motifs is 1. The van der Waals surface area contributed by atoms with E-state index in [4.69, 9.17) is 4.74 Å². The first-order chi connectivity index (χ1) is 19.1. The molecule has 0 aliphatic carbocycles. The molecule has 0 N–H and O–H groups in total. The van der Waals surface area contributed by atoms with Gasteiger partial charge in [-0.2, -0.15) is 0 Å². The van der Waals surface area contributed by atoms with E-state index in [9.17, 15) is 0 Å². The Labute approximate surface area is 232 Å². The van der Waals surface area contributed by atoms with Crippen LogP contribution >= 0.6 is 0 Å². The average molecular weight is 515 g/mol. The van der Waals surface area contributed by atoms with Crippen molar-refractivity contribution in [2.24, 2.45) is 0 Å². The molecular formula is C36H38N2O. The molecule has 4 aromatic carbocycles. The molecule has 0 atom stereocenters. The van der Waals surface area contributed by atoms with Gasteiger partial charge in [-0.1, -0.05) is 78.9 Å². The predicted octanol–water partition coefficient (Wildman–Crippen LogP) is 8.36. The van der Waals surface area contributed by atoms with E-state index < -0.39 is 0 Å². The number of methoxy groups -OCH3 is 1. The van der Waals surface area contributed by atoms with E-state index in [0.29, 0.717) is 5.92 Å². The maximum absolute atomic E-state index is 5.70. The summed E-state index contributed by atoms with van der Waals surface area (Å²) in [4.78, 5) is 2.66. The molecule has 3 nitrogen and oxygen atoms in total. The number of ether oxygens (including phenoxy) is 1. The summed E-state index contributed by atoms with van der Waals surface area (Å²) in [5.74, 6) is 1.56. The maximum atomic E-state index is 5.70. The second-order valence-corrected chi connectivity index (χ2v) is 11.0. The predicted molar refractivity (Wildman–Crippen MR) is 163 cm³/mol. The van der Waals surface area contributed by atoms with Crippen molar-refractivity contribution in [1.82, 2.24) is 9.47 Å². The second-order valence-electron chi connectivity index (χ2n) is 11.0. The number of likely N-dealkylation sites (tertiary alicyclic amines) is 1. The molecule has 1 aromatic heterocycles. The van der Waals surface area contributed by atoms with E-state index in [0.717, 1.165) is 31.9 Å². The van der Waals surface area contributed by atoms with Crippen LogP contribution in [0, 0.1) is 13.8 Å². The van der Waals surface area contributed by atoms with E-state index in [1.54, 1.807) is 12.7 Å². The van der Waals surface area contributed by atoms with Gasteiger partial charge in [0.2, 0.25) is 0 Å². The van der Waals surface area contributed by atoms with Crippen molar-refractivity contribution in [3.8, 4) is 17.0 Å². The van der Waals surface area contributed by atoms with Crippen LogP contribution in [0.5, 0.6) is 5.75 Å². The van der Waals surface area contributed by atoms with Gasteiger partial charge in [-0.15, -0.1) is 0 Å². The molecular weight excluding hydrogens is 476 g/mol. The molecule has 1 saturated heterocycles. The average Bonchev–Trinajstić information content (AvgIpc) is 3.26. The summed E-state index contributed by atoms with van der Waals surface area (Å²) in [6, 6.07) is 35.0. The number of hydrogen-bond donors (Lipinski definition) is 0. The van der Waals surface area contributed by atoms with Crippen molar-refractivity contribution in [1.29, 1.82) is 0 Å². The molecule has 0 spiro atoms. The summed E-state index contributed by atoms with van der Waals surface area (Å²) in [5, 5.41) is 1.29. The number of aryl methyl sites for hydroxylation is 2. The third kappa shape index (κ3) is 5.12. The molecule has 1 aliphatic rings. The van der Waals surface area contributed by atoms with Crippen molar-refractivity contribution in [2.75, 3.05) is 20.2 Å². The highest BCUT2D eigenvalue weighted by molar-refractivity contribution is 5.93. The standard InChI is InChI=1S/C36H38N2O/c1-26-11-10-12-27(2)35(26)29-19-21-37(22-20-29)25-33-32-23-31(39-3)17-18-34(32)38(24-28-13-6-4-7-14-28)36(33)30-15-8-5-9-16-30/h4-18,23,29H,19-22,24-25H2,1-3H3. The van der Waals surface area contributed by atoms with Gasteiger partial charge in [0.15, 0.2) is 0 Å². The minimum absolute atomic E-state index is 0.649. The lowest BCUT2D eigenvalue weighted by molar-refractivity contribution is 0.205. The van der Waals surface area contributed by atoms with Crippen LogP contribution in [0.4, 0.5) is 0 Å². The van der Waals surface area contributed by atoms with Crippen LogP contribution in [0.2, 0.25) is 0 Å². The normalized spacial score (nSPS) is 14.6. The molecule has 3 heteroatoms. The highest BCUT2D eigenvalue weighted by atomic mass is 16.5. The van der Waals surface area contributed by atoms with Gasteiger partial charge in [0, 0.05) is 24.0 Å². The van der Waals surface area contributed by atoms with E-state index >= 15 is 0 Å². The molecule has 0 unspecified atom stereocenters. The molecule has 0 saturated carbocycles. The molecule has 0 bridgehead atoms. The van der Waals surface area contributed by atoms with Crippen LogP contribution in [0.3, 0.4) is 0 Å². The van der Waals surface area contributed by atoms with Crippen LogP contribution < -0.4 is 4.74 Å². The summed E-state index contributed by atoms with van der Waals surface area (Å²) >= 11 is 0. The van der Waals surface area contributed by atoms with Gasteiger partial charge in [-0.05, 0) is 97.3 Å². The monoisotopic (exact) mass is 514 g/mol. The zero-order valence-corrected chi connectivity index (χ0v) is 23.4. The fraction of sp³-hybridized carbons (Fsp3) is 0.278. The number of nitrogens with zero attached hydrogens (tertiary/aromatic N) is 2. The largest absolute Gasteiger partial charge is 0.497 e. The number of rotatable bonds is 7. The van der Waals surface area contributed by atoms with Gasteiger partial charge >= 0.3 is 0 Å². The Bertz CT molecular complexity index is 1540. The number of aromatic nitrogens is 1. The second kappa shape index (κ2) is 11.1. The van der Waals surface area contributed by atoms with Gasteiger partial charge < -0.3 is 9.30 Å². The molecule has 6 rings (SSSR count). The summed E-state index contributed by atoms with van der Waals surface area (Å²) in [7, 11) is 1.76. The lowest BCUT2D eigenvalue weighted by Gasteiger charge is -2.33. The first-order valence-electron chi connectivity index (χ1n) is 14.2. The zero-order valence-electron chi connectivity index (χ0n) is 23.4. The van der Waals surface area contributed by atoms with Gasteiger partial charge in [0.1, 0.15) is 5.75 Å². The smallest absolute Gasteiger partial charge is 0.119 e. The van der Waals surface area contributed by atoms with Crippen LogP contribution in [-0.2, 0) is 13.1 Å². The zero-order chi connectivity index (χ0) is 26.8. The van der Waals surface area contributed by atoms with Crippen molar-refractivity contribution >= 4 is 10.9 Å².